The third-order valence-electron chi connectivity index (χ3n) is 5.64. The molecular formula is C25H30N4O5S. The Morgan fingerprint density at radius 3 is 2.60 bits per heavy atom. The first-order valence-electron chi connectivity index (χ1n) is 11.5. The van der Waals surface area contributed by atoms with Gasteiger partial charge >= 0.3 is 0 Å². The highest BCUT2D eigenvalue weighted by Crippen LogP contribution is 2.32. The van der Waals surface area contributed by atoms with Gasteiger partial charge in [0.15, 0.2) is 11.5 Å². The minimum Gasteiger partial charge on any atom is -0.490 e. The Hall–Kier alpha value is -3.37. The molecule has 186 valence electrons. The molecule has 1 aromatic heterocycles. The number of fused-ring (bicyclic) bond motifs is 1. The second kappa shape index (κ2) is 10.9. The third kappa shape index (κ3) is 6.40. The predicted molar refractivity (Wildman–Crippen MR) is 131 cm³/mol. The van der Waals surface area contributed by atoms with Gasteiger partial charge in [0.1, 0.15) is 6.04 Å². The number of nitrogens with one attached hydrogen (secondary N) is 2. The maximum atomic E-state index is 13.1. The number of benzene rings is 2. The molecule has 0 radical (unpaired) electrons. The van der Waals surface area contributed by atoms with E-state index in [0.717, 1.165) is 17.5 Å². The molecule has 0 fully saturated rings. The van der Waals surface area contributed by atoms with E-state index in [0.29, 0.717) is 31.3 Å². The molecule has 2 heterocycles. The Balaban J connectivity index is 1.42. The number of hydrogen-bond acceptors (Lipinski definition) is 6. The summed E-state index contributed by atoms with van der Waals surface area (Å²) in [5.74, 6) is 0.233. The number of aromatic nitrogens is 2. The second-order valence-electron chi connectivity index (χ2n) is 8.77. The smallest absolute Gasteiger partial charge is 0.241 e. The van der Waals surface area contributed by atoms with E-state index in [1.807, 2.05) is 35.0 Å². The fourth-order valence-corrected chi connectivity index (χ4v) is 5.13. The first-order valence-corrected chi connectivity index (χ1v) is 13.0. The average molecular weight is 499 g/mol. The van der Waals surface area contributed by atoms with Crippen LogP contribution >= 0.6 is 0 Å². The van der Waals surface area contributed by atoms with Gasteiger partial charge in [0.25, 0.3) is 0 Å². The Bertz CT molecular complexity index is 1260. The number of carbonyl (C=O) groups is 1. The first kappa shape index (κ1) is 24.7. The summed E-state index contributed by atoms with van der Waals surface area (Å²) in [4.78, 5) is 17.1. The van der Waals surface area contributed by atoms with Crippen molar-refractivity contribution in [2.24, 2.45) is 5.92 Å². The molecule has 1 amide bonds. The van der Waals surface area contributed by atoms with E-state index in [2.05, 4.69) is 15.0 Å². The SMILES string of the molecule is CC(C)C(NS(=O)(=O)c1ccc2c(c1)OCCCO2)C(=O)NCc1cccc(Cn2ccnc2)c1. The third-order valence-corrected chi connectivity index (χ3v) is 7.08. The summed E-state index contributed by atoms with van der Waals surface area (Å²) in [7, 11) is -3.97. The number of ether oxygens (including phenoxy) is 2. The van der Waals surface area contributed by atoms with E-state index in [-0.39, 0.29) is 17.4 Å². The van der Waals surface area contributed by atoms with Gasteiger partial charge in [-0.05, 0) is 29.2 Å². The van der Waals surface area contributed by atoms with Gasteiger partial charge in [0.05, 0.1) is 24.4 Å². The molecule has 2 N–H and O–H groups in total. The molecule has 0 saturated heterocycles. The molecular weight excluding hydrogens is 468 g/mol. The van der Waals surface area contributed by atoms with Crippen LogP contribution in [0.3, 0.4) is 0 Å². The highest BCUT2D eigenvalue weighted by Gasteiger charge is 2.29. The van der Waals surface area contributed by atoms with Crippen LogP contribution in [-0.4, -0.2) is 43.1 Å². The Morgan fingerprint density at radius 1 is 1.09 bits per heavy atom. The minimum atomic E-state index is -3.97. The number of sulfonamides is 1. The summed E-state index contributed by atoms with van der Waals surface area (Å²) in [5.41, 5.74) is 1.99. The molecule has 2 aromatic carbocycles. The van der Waals surface area contributed by atoms with E-state index in [4.69, 9.17) is 9.47 Å². The quantitative estimate of drug-likeness (QED) is 0.469. The van der Waals surface area contributed by atoms with Gasteiger partial charge in [-0.2, -0.15) is 4.72 Å². The van der Waals surface area contributed by atoms with E-state index in [1.54, 1.807) is 32.4 Å². The van der Waals surface area contributed by atoms with Gasteiger partial charge in [0, 0.05) is 38.0 Å². The molecule has 1 atom stereocenters. The van der Waals surface area contributed by atoms with E-state index < -0.39 is 22.0 Å². The van der Waals surface area contributed by atoms with Crippen molar-refractivity contribution < 1.29 is 22.7 Å². The molecule has 0 aliphatic carbocycles. The van der Waals surface area contributed by atoms with Crippen LogP contribution in [0.25, 0.3) is 0 Å². The molecule has 4 rings (SSSR count). The standard InChI is InChI=1S/C25H30N4O5S/c1-18(2)24(28-35(31,32)21-7-8-22-23(14-21)34-12-4-11-33-22)25(30)27-15-19-5-3-6-20(13-19)16-29-10-9-26-17-29/h3,5-10,13-14,17-18,24,28H,4,11-12,15-16H2,1-2H3,(H,27,30). The summed E-state index contributed by atoms with van der Waals surface area (Å²) in [6.07, 6.45) is 6.08. The fourth-order valence-electron chi connectivity index (χ4n) is 3.77. The van der Waals surface area contributed by atoms with Crippen LogP contribution in [0.4, 0.5) is 0 Å². The van der Waals surface area contributed by atoms with Gasteiger partial charge in [-0.25, -0.2) is 13.4 Å². The van der Waals surface area contributed by atoms with Crippen molar-refractivity contribution in [3.63, 3.8) is 0 Å². The maximum absolute atomic E-state index is 13.1. The van der Waals surface area contributed by atoms with Crippen LogP contribution in [-0.2, 0) is 27.9 Å². The van der Waals surface area contributed by atoms with Crippen molar-refractivity contribution in [1.29, 1.82) is 0 Å². The Kier molecular flexibility index (Phi) is 7.72. The van der Waals surface area contributed by atoms with Crippen LogP contribution in [0.1, 0.15) is 31.4 Å². The molecule has 0 bridgehead atoms. The molecule has 10 heteroatoms. The lowest BCUT2D eigenvalue weighted by Crippen LogP contribution is -2.49. The predicted octanol–water partition coefficient (Wildman–Crippen LogP) is 2.71. The number of imidazole rings is 1. The number of carbonyl (C=O) groups excluding carboxylic acids is 1. The zero-order valence-corrected chi connectivity index (χ0v) is 20.6. The van der Waals surface area contributed by atoms with Crippen LogP contribution in [0.5, 0.6) is 11.5 Å². The van der Waals surface area contributed by atoms with Gasteiger partial charge in [-0.3, -0.25) is 4.79 Å². The normalized spacial score (nSPS) is 14.4. The summed E-state index contributed by atoms with van der Waals surface area (Å²) >= 11 is 0. The van der Waals surface area contributed by atoms with Crippen molar-refractivity contribution in [1.82, 2.24) is 19.6 Å². The second-order valence-corrected chi connectivity index (χ2v) is 10.5. The molecule has 0 saturated carbocycles. The zero-order chi connectivity index (χ0) is 24.8. The molecule has 9 nitrogen and oxygen atoms in total. The van der Waals surface area contributed by atoms with Crippen molar-refractivity contribution in [2.45, 2.75) is 44.3 Å². The van der Waals surface area contributed by atoms with Crippen molar-refractivity contribution >= 4 is 15.9 Å². The number of rotatable bonds is 9. The van der Waals surface area contributed by atoms with Gasteiger partial charge in [0.2, 0.25) is 15.9 Å². The van der Waals surface area contributed by atoms with Crippen LogP contribution in [0.2, 0.25) is 0 Å². The first-order chi connectivity index (χ1) is 16.8. The molecule has 3 aromatic rings. The van der Waals surface area contributed by atoms with Crippen molar-refractivity contribution in [2.75, 3.05) is 13.2 Å². The molecule has 0 spiro atoms. The lowest BCUT2D eigenvalue weighted by molar-refractivity contribution is -0.123. The summed E-state index contributed by atoms with van der Waals surface area (Å²) in [6.45, 7) is 5.51. The lowest BCUT2D eigenvalue weighted by atomic mass is 10.0. The van der Waals surface area contributed by atoms with E-state index in [1.165, 1.54) is 12.1 Å². The Labute approximate surface area is 205 Å². The molecule has 1 aliphatic rings. The van der Waals surface area contributed by atoms with Gasteiger partial charge < -0.3 is 19.4 Å². The summed E-state index contributed by atoms with van der Waals surface area (Å²) in [5, 5.41) is 2.87. The van der Waals surface area contributed by atoms with E-state index >= 15 is 0 Å². The molecule has 1 unspecified atom stereocenters. The van der Waals surface area contributed by atoms with Crippen molar-refractivity contribution in [3.8, 4) is 11.5 Å². The van der Waals surface area contributed by atoms with Gasteiger partial charge in [-0.15, -0.1) is 0 Å². The maximum Gasteiger partial charge on any atom is 0.241 e. The zero-order valence-electron chi connectivity index (χ0n) is 19.8. The van der Waals surface area contributed by atoms with Crippen LogP contribution in [0, 0.1) is 5.92 Å². The minimum absolute atomic E-state index is 0.0207. The van der Waals surface area contributed by atoms with Crippen molar-refractivity contribution in [3.05, 3.63) is 72.3 Å². The monoisotopic (exact) mass is 498 g/mol. The summed E-state index contributed by atoms with van der Waals surface area (Å²) < 4.78 is 41.9. The van der Waals surface area contributed by atoms with E-state index in [9.17, 15) is 13.2 Å². The largest absolute Gasteiger partial charge is 0.490 e. The highest BCUT2D eigenvalue weighted by atomic mass is 32.2. The van der Waals surface area contributed by atoms with Crippen LogP contribution in [0.15, 0.2) is 66.1 Å². The molecule has 35 heavy (non-hydrogen) atoms. The average Bonchev–Trinajstić information content (AvgIpc) is 3.23. The molecule has 1 aliphatic heterocycles. The number of amides is 1. The highest BCUT2D eigenvalue weighted by molar-refractivity contribution is 7.89. The summed E-state index contributed by atoms with van der Waals surface area (Å²) in [6, 6.07) is 11.4. The lowest BCUT2D eigenvalue weighted by Gasteiger charge is -2.22. The number of nitrogens with zero attached hydrogens (tertiary/aromatic N) is 2. The number of hydrogen-bond donors (Lipinski definition) is 2. The fraction of sp³-hybridized carbons (Fsp3) is 0.360. The topological polar surface area (TPSA) is 112 Å². The van der Waals surface area contributed by atoms with Gasteiger partial charge in [-0.1, -0.05) is 38.1 Å². The Morgan fingerprint density at radius 2 is 1.86 bits per heavy atom. The van der Waals surface area contributed by atoms with Crippen LogP contribution < -0.4 is 19.5 Å².